The van der Waals surface area contributed by atoms with Crippen LogP contribution in [0.4, 0.5) is 0 Å². The maximum atomic E-state index is 12.5. The Kier molecular flexibility index (Phi) is 5.76. The van der Waals surface area contributed by atoms with Crippen molar-refractivity contribution in [2.45, 2.75) is 51.0 Å². The molecule has 1 spiro atoms. The van der Waals surface area contributed by atoms with E-state index in [2.05, 4.69) is 10.6 Å². The summed E-state index contributed by atoms with van der Waals surface area (Å²) in [5, 5.41) is 6.22. The lowest BCUT2D eigenvalue weighted by Gasteiger charge is -2.37. The van der Waals surface area contributed by atoms with Crippen molar-refractivity contribution in [3.63, 3.8) is 0 Å². The zero-order valence-corrected chi connectivity index (χ0v) is 14.8. The number of nitrogens with zero attached hydrogens (tertiary/aromatic N) is 1. The summed E-state index contributed by atoms with van der Waals surface area (Å²) in [4.78, 5) is 26.5. The molecule has 1 unspecified atom stereocenters. The van der Waals surface area contributed by atoms with E-state index in [1.54, 1.807) is 0 Å². The molecular weight excluding hydrogens is 306 g/mol. The summed E-state index contributed by atoms with van der Waals surface area (Å²) in [6.45, 7) is 3.17. The van der Waals surface area contributed by atoms with Crippen molar-refractivity contribution in [3.8, 4) is 0 Å². The number of rotatable bonds is 5. The molecule has 0 bridgehead atoms. The lowest BCUT2D eigenvalue weighted by molar-refractivity contribution is -0.130. The van der Waals surface area contributed by atoms with E-state index in [0.29, 0.717) is 25.7 Å². The Balaban J connectivity index is 1.49. The van der Waals surface area contributed by atoms with Gasteiger partial charge in [-0.3, -0.25) is 14.9 Å². The number of amides is 2. The first-order valence-corrected chi connectivity index (χ1v) is 9.43. The number of carbonyl (C=O) groups excluding carboxylic acids is 2. The fraction of sp³-hybridized carbons (Fsp3) is 0.889. The number of hydrogen-bond donors (Lipinski definition) is 2. The SMILES string of the molecule is CN(CC1CCCCC1)C(=O)CNC1C(=O)NCC12CCOCC2. The predicted octanol–water partition coefficient (Wildman–Crippen LogP) is 0.910. The molecule has 2 N–H and O–H groups in total. The minimum Gasteiger partial charge on any atom is -0.381 e. The van der Waals surface area contributed by atoms with E-state index in [4.69, 9.17) is 4.74 Å². The molecule has 2 heterocycles. The molecule has 3 fully saturated rings. The first-order chi connectivity index (χ1) is 11.6. The van der Waals surface area contributed by atoms with Crippen LogP contribution in [0.5, 0.6) is 0 Å². The summed E-state index contributed by atoms with van der Waals surface area (Å²) in [6.07, 6.45) is 8.12. The van der Waals surface area contributed by atoms with Crippen LogP contribution in [0.25, 0.3) is 0 Å². The second-order valence-corrected chi connectivity index (χ2v) is 7.78. The fourth-order valence-electron chi connectivity index (χ4n) is 4.48. The lowest BCUT2D eigenvalue weighted by atomic mass is 9.76. The average Bonchev–Trinajstić information content (AvgIpc) is 2.90. The van der Waals surface area contributed by atoms with Crippen molar-refractivity contribution in [1.29, 1.82) is 0 Å². The molecule has 1 saturated carbocycles. The topological polar surface area (TPSA) is 70.7 Å². The second kappa shape index (κ2) is 7.83. The summed E-state index contributed by atoms with van der Waals surface area (Å²) in [5.41, 5.74) is -0.0858. The first kappa shape index (κ1) is 17.7. The molecule has 3 aliphatic rings. The van der Waals surface area contributed by atoms with Crippen LogP contribution in [0.1, 0.15) is 44.9 Å². The zero-order valence-electron chi connectivity index (χ0n) is 14.8. The Bertz CT molecular complexity index is 456. The Hall–Kier alpha value is -1.14. The molecule has 24 heavy (non-hydrogen) atoms. The van der Waals surface area contributed by atoms with Gasteiger partial charge in [-0.05, 0) is 31.6 Å². The van der Waals surface area contributed by atoms with Crippen LogP contribution in [-0.4, -0.2) is 62.7 Å². The molecule has 0 radical (unpaired) electrons. The fourth-order valence-corrected chi connectivity index (χ4v) is 4.48. The third-order valence-electron chi connectivity index (χ3n) is 6.12. The molecule has 6 nitrogen and oxygen atoms in total. The lowest BCUT2D eigenvalue weighted by Crippen LogP contribution is -2.52. The smallest absolute Gasteiger partial charge is 0.237 e. The summed E-state index contributed by atoms with van der Waals surface area (Å²) in [5.74, 6) is 0.756. The molecule has 1 aliphatic carbocycles. The van der Waals surface area contributed by atoms with Crippen LogP contribution in [0.15, 0.2) is 0 Å². The summed E-state index contributed by atoms with van der Waals surface area (Å²) in [6, 6.07) is -0.270. The molecule has 0 aromatic rings. The van der Waals surface area contributed by atoms with Gasteiger partial charge in [-0.15, -0.1) is 0 Å². The van der Waals surface area contributed by atoms with Crippen molar-refractivity contribution in [3.05, 3.63) is 0 Å². The van der Waals surface area contributed by atoms with E-state index < -0.39 is 0 Å². The zero-order chi connectivity index (χ0) is 17.0. The Labute approximate surface area is 144 Å². The van der Waals surface area contributed by atoms with Crippen molar-refractivity contribution >= 4 is 11.8 Å². The van der Waals surface area contributed by atoms with Gasteiger partial charge in [0.25, 0.3) is 0 Å². The Morgan fingerprint density at radius 1 is 1.29 bits per heavy atom. The van der Waals surface area contributed by atoms with Crippen molar-refractivity contribution < 1.29 is 14.3 Å². The van der Waals surface area contributed by atoms with Crippen molar-refractivity contribution in [2.75, 3.05) is 39.9 Å². The van der Waals surface area contributed by atoms with Crippen LogP contribution in [-0.2, 0) is 14.3 Å². The van der Waals surface area contributed by atoms with Gasteiger partial charge in [-0.25, -0.2) is 0 Å². The summed E-state index contributed by atoms with van der Waals surface area (Å²) in [7, 11) is 1.89. The predicted molar refractivity (Wildman–Crippen MR) is 91.5 cm³/mol. The van der Waals surface area contributed by atoms with Crippen LogP contribution in [0.2, 0.25) is 0 Å². The van der Waals surface area contributed by atoms with Gasteiger partial charge in [0.2, 0.25) is 11.8 Å². The highest BCUT2D eigenvalue weighted by molar-refractivity contribution is 5.86. The van der Waals surface area contributed by atoms with Crippen LogP contribution >= 0.6 is 0 Å². The van der Waals surface area contributed by atoms with E-state index in [0.717, 1.165) is 19.4 Å². The van der Waals surface area contributed by atoms with Crippen LogP contribution < -0.4 is 10.6 Å². The number of hydrogen-bond acceptors (Lipinski definition) is 4. The highest BCUT2D eigenvalue weighted by Crippen LogP contribution is 2.37. The summed E-state index contributed by atoms with van der Waals surface area (Å²) >= 11 is 0. The largest absolute Gasteiger partial charge is 0.381 e. The van der Waals surface area contributed by atoms with Gasteiger partial charge >= 0.3 is 0 Å². The van der Waals surface area contributed by atoms with E-state index >= 15 is 0 Å². The highest BCUT2D eigenvalue weighted by Gasteiger charge is 2.48. The first-order valence-electron chi connectivity index (χ1n) is 9.43. The molecule has 1 atom stereocenters. The standard InChI is InChI=1S/C18H31N3O3/c1-21(12-14-5-3-2-4-6-14)15(22)11-19-16-17(23)20-13-18(16)7-9-24-10-8-18/h14,16,19H,2-13H2,1H3,(H,20,23). The third kappa shape index (κ3) is 3.91. The minimum atomic E-state index is -0.270. The number of likely N-dealkylation sites (N-methyl/N-ethyl adjacent to an activating group) is 1. The van der Waals surface area contributed by atoms with E-state index in [1.807, 2.05) is 11.9 Å². The Morgan fingerprint density at radius 2 is 2.00 bits per heavy atom. The maximum Gasteiger partial charge on any atom is 0.237 e. The van der Waals surface area contributed by atoms with E-state index in [9.17, 15) is 9.59 Å². The van der Waals surface area contributed by atoms with Gasteiger partial charge in [-0.1, -0.05) is 19.3 Å². The molecule has 2 aliphatic heterocycles. The van der Waals surface area contributed by atoms with Gasteiger partial charge in [-0.2, -0.15) is 0 Å². The van der Waals surface area contributed by atoms with Crippen molar-refractivity contribution in [1.82, 2.24) is 15.5 Å². The number of carbonyl (C=O) groups is 2. The maximum absolute atomic E-state index is 12.5. The van der Waals surface area contributed by atoms with E-state index in [-0.39, 0.29) is 29.8 Å². The molecule has 0 aromatic carbocycles. The number of ether oxygens (including phenoxy) is 1. The Morgan fingerprint density at radius 3 is 2.71 bits per heavy atom. The monoisotopic (exact) mass is 337 g/mol. The molecule has 2 amide bonds. The number of nitrogens with one attached hydrogen (secondary N) is 2. The van der Waals surface area contributed by atoms with Crippen LogP contribution in [0.3, 0.4) is 0 Å². The van der Waals surface area contributed by atoms with Crippen LogP contribution in [0, 0.1) is 11.3 Å². The van der Waals surface area contributed by atoms with Gasteiger partial charge < -0.3 is 15.0 Å². The van der Waals surface area contributed by atoms with Gasteiger partial charge in [0.05, 0.1) is 12.6 Å². The third-order valence-corrected chi connectivity index (χ3v) is 6.12. The van der Waals surface area contributed by atoms with Crippen molar-refractivity contribution in [2.24, 2.45) is 11.3 Å². The molecular formula is C18H31N3O3. The summed E-state index contributed by atoms with van der Waals surface area (Å²) < 4.78 is 5.45. The van der Waals surface area contributed by atoms with Gasteiger partial charge in [0.15, 0.2) is 0 Å². The second-order valence-electron chi connectivity index (χ2n) is 7.78. The molecule has 6 heteroatoms. The van der Waals surface area contributed by atoms with E-state index in [1.165, 1.54) is 32.1 Å². The average molecular weight is 337 g/mol. The van der Waals surface area contributed by atoms with Gasteiger partial charge in [0, 0.05) is 38.8 Å². The normalized spacial score (nSPS) is 27.2. The molecule has 136 valence electrons. The minimum absolute atomic E-state index is 0.0274. The van der Waals surface area contributed by atoms with Gasteiger partial charge in [0.1, 0.15) is 0 Å². The molecule has 3 rings (SSSR count). The molecule has 0 aromatic heterocycles. The highest BCUT2D eigenvalue weighted by atomic mass is 16.5. The molecule has 2 saturated heterocycles. The quantitative estimate of drug-likeness (QED) is 0.782.